The molecule has 8 heteroatoms. The van der Waals surface area contributed by atoms with Crippen LogP contribution >= 0.6 is 11.6 Å². The fraction of sp³-hybridized carbons (Fsp3) is 0.292. The second-order valence-electron chi connectivity index (χ2n) is 7.76. The molecule has 1 fully saturated rings. The number of hydrogen-bond acceptors (Lipinski definition) is 5. The highest BCUT2D eigenvalue weighted by molar-refractivity contribution is 6.30. The number of halogens is 1. The summed E-state index contributed by atoms with van der Waals surface area (Å²) < 4.78 is 10.9. The van der Waals surface area contributed by atoms with Gasteiger partial charge in [0.1, 0.15) is 12.4 Å². The van der Waals surface area contributed by atoms with Crippen LogP contribution < -0.4 is 15.4 Å². The van der Waals surface area contributed by atoms with Crippen LogP contribution in [0.1, 0.15) is 58.7 Å². The monoisotopic (exact) mass is 453 g/mol. The first kappa shape index (κ1) is 21.9. The Morgan fingerprint density at radius 2 is 1.72 bits per heavy atom. The first-order valence-corrected chi connectivity index (χ1v) is 11.0. The molecule has 0 aliphatic heterocycles. The fourth-order valence-corrected chi connectivity index (χ4v) is 3.71. The van der Waals surface area contributed by atoms with Gasteiger partial charge in [0.05, 0.1) is 0 Å². The lowest BCUT2D eigenvalue weighted by Gasteiger charge is -2.22. The van der Waals surface area contributed by atoms with Crippen LogP contribution in [0, 0.1) is 0 Å². The van der Waals surface area contributed by atoms with Crippen molar-refractivity contribution in [1.29, 1.82) is 0 Å². The summed E-state index contributed by atoms with van der Waals surface area (Å²) in [5.74, 6) is 0.613. The summed E-state index contributed by atoms with van der Waals surface area (Å²) in [6.07, 6.45) is 5.54. The van der Waals surface area contributed by atoms with Crippen molar-refractivity contribution in [2.75, 3.05) is 5.32 Å². The molecule has 7 nitrogen and oxygen atoms in total. The quantitative estimate of drug-likeness (QED) is 0.511. The van der Waals surface area contributed by atoms with Gasteiger partial charge in [-0.1, -0.05) is 36.0 Å². The topological polar surface area (TPSA) is 93.5 Å². The Balaban J connectivity index is 1.26. The maximum absolute atomic E-state index is 12.3. The van der Waals surface area contributed by atoms with Crippen molar-refractivity contribution in [3.8, 4) is 5.75 Å². The fourth-order valence-electron chi connectivity index (χ4n) is 3.59. The third-order valence-corrected chi connectivity index (χ3v) is 5.58. The highest BCUT2D eigenvalue weighted by atomic mass is 35.5. The molecule has 0 unspecified atom stereocenters. The molecule has 2 N–H and O–H groups in total. The molecule has 4 rings (SSSR count). The van der Waals surface area contributed by atoms with E-state index in [2.05, 4.69) is 15.8 Å². The number of amides is 2. The standard InChI is InChI=1S/C24H24ClN3O4/c25-17-8-6-16(7-9-17)23(29)26-19-10-12-20(13-11-19)31-15-21-14-22(28-32-21)24(30)27-18-4-2-1-3-5-18/h6-14,18H,1-5,15H2,(H,26,29)(H,27,30). The van der Waals surface area contributed by atoms with E-state index in [9.17, 15) is 9.59 Å². The minimum atomic E-state index is -0.226. The molecule has 0 atom stereocenters. The molecular formula is C24H24ClN3O4. The molecule has 0 bridgehead atoms. The molecule has 0 saturated heterocycles. The highest BCUT2D eigenvalue weighted by Crippen LogP contribution is 2.20. The van der Waals surface area contributed by atoms with Crippen LogP contribution in [0.15, 0.2) is 59.1 Å². The third kappa shape index (κ3) is 5.88. The number of benzene rings is 2. The zero-order valence-electron chi connectivity index (χ0n) is 17.5. The number of nitrogens with one attached hydrogen (secondary N) is 2. The van der Waals surface area contributed by atoms with Gasteiger partial charge in [0.15, 0.2) is 11.5 Å². The lowest BCUT2D eigenvalue weighted by atomic mass is 9.95. The van der Waals surface area contributed by atoms with E-state index in [1.54, 1.807) is 54.6 Å². The molecule has 0 radical (unpaired) electrons. The average Bonchev–Trinajstić information content (AvgIpc) is 3.29. The van der Waals surface area contributed by atoms with Crippen molar-refractivity contribution in [2.45, 2.75) is 44.8 Å². The number of anilines is 1. The number of rotatable bonds is 7. The average molecular weight is 454 g/mol. The van der Waals surface area contributed by atoms with E-state index in [0.29, 0.717) is 27.8 Å². The summed E-state index contributed by atoms with van der Waals surface area (Å²) in [5, 5.41) is 10.3. The number of carbonyl (C=O) groups is 2. The number of carbonyl (C=O) groups excluding carboxylic acids is 2. The van der Waals surface area contributed by atoms with Crippen LogP contribution in [-0.4, -0.2) is 23.0 Å². The largest absolute Gasteiger partial charge is 0.486 e. The van der Waals surface area contributed by atoms with Gasteiger partial charge in [0.2, 0.25) is 0 Å². The van der Waals surface area contributed by atoms with E-state index in [1.807, 2.05) is 0 Å². The molecule has 32 heavy (non-hydrogen) atoms. The minimum absolute atomic E-state index is 0.139. The van der Waals surface area contributed by atoms with Gasteiger partial charge in [-0.2, -0.15) is 0 Å². The molecule has 1 saturated carbocycles. The van der Waals surface area contributed by atoms with Gasteiger partial charge in [-0.05, 0) is 61.4 Å². The Kier molecular flexibility index (Phi) is 7.07. The van der Waals surface area contributed by atoms with Gasteiger partial charge in [-0.25, -0.2) is 0 Å². The lowest BCUT2D eigenvalue weighted by molar-refractivity contribution is 0.0917. The molecule has 2 amide bonds. The molecule has 166 valence electrons. The summed E-state index contributed by atoms with van der Waals surface area (Å²) in [4.78, 5) is 24.6. The first-order chi connectivity index (χ1) is 15.6. The molecule has 3 aromatic rings. The first-order valence-electron chi connectivity index (χ1n) is 10.6. The molecule has 1 aromatic heterocycles. The zero-order valence-corrected chi connectivity index (χ0v) is 18.2. The van der Waals surface area contributed by atoms with Gasteiger partial charge in [-0.15, -0.1) is 0 Å². The van der Waals surface area contributed by atoms with Crippen LogP contribution in [0.5, 0.6) is 5.75 Å². The minimum Gasteiger partial charge on any atom is -0.486 e. The Morgan fingerprint density at radius 3 is 2.44 bits per heavy atom. The van der Waals surface area contributed by atoms with Crippen LogP contribution in [-0.2, 0) is 6.61 Å². The molecule has 1 aliphatic rings. The Hall–Kier alpha value is -3.32. The van der Waals surface area contributed by atoms with Crippen LogP contribution in [0.25, 0.3) is 0 Å². The zero-order chi connectivity index (χ0) is 22.3. The highest BCUT2D eigenvalue weighted by Gasteiger charge is 2.19. The Morgan fingerprint density at radius 1 is 1.00 bits per heavy atom. The maximum atomic E-state index is 12.3. The van der Waals surface area contributed by atoms with Crippen molar-refractivity contribution in [3.63, 3.8) is 0 Å². The predicted molar refractivity (Wildman–Crippen MR) is 121 cm³/mol. The smallest absolute Gasteiger partial charge is 0.273 e. The second kappa shape index (κ2) is 10.3. The molecule has 0 spiro atoms. The van der Waals surface area contributed by atoms with Crippen molar-refractivity contribution in [2.24, 2.45) is 0 Å². The summed E-state index contributed by atoms with van der Waals surface area (Å²) in [6, 6.07) is 15.4. The van der Waals surface area contributed by atoms with Gasteiger partial charge < -0.3 is 19.9 Å². The van der Waals surface area contributed by atoms with E-state index in [-0.39, 0.29) is 30.2 Å². The summed E-state index contributed by atoms with van der Waals surface area (Å²) in [5.41, 5.74) is 1.41. The molecule has 1 heterocycles. The van der Waals surface area contributed by atoms with E-state index < -0.39 is 0 Å². The van der Waals surface area contributed by atoms with Crippen LogP contribution in [0.3, 0.4) is 0 Å². The molecular weight excluding hydrogens is 430 g/mol. The molecule has 1 aliphatic carbocycles. The number of ether oxygens (including phenoxy) is 1. The van der Waals surface area contributed by atoms with E-state index in [1.165, 1.54) is 6.42 Å². The van der Waals surface area contributed by atoms with E-state index >= 15 is 0 Å². The molecule has 2 aromatic carbocycles. The van der Waals surface area contributed by atoms with Gasteiger partial charge in [0.25, 0.3) is 11.8 Å². The normalized spacial score (nSPS) is 14.0. The summed E-state index contributed by atoms with van der Waals surface area (Å²) in [7, 11) is 0. The van der Waals surface area contributed by atoms with Gasteiger partial charge in [-0.3, -0.25) is 9.59 Å². The van der Waals surface area contributed by atoms with Crippen molar-refractivity contribution < 1.29 is 18.8 Å². The SMILES string of the molecule is O=C(Nc1ccc(OCc2cc(C(=O)NC3CCCCC3)no2)cc1)c1ccc(Cl)cc1. The van der Waals surface area contributed by atoms with Gasteiger partial charge >= 0.3 is 0 Å². The predicted octanol–water partition coefficient (Wildman–Crippen LogP) is 5.22. The summed E-state index contributed by atoms with van der Waals surface area (Å²) >= 11 is 5.85. The van der Waals surface area contributed by atoms with E-state index in [4.69, 9.17) is 20.9 Å². The second-order valence-corrected chi connectivity index (χ2v) is 8.20. The van der Waals surface area contributed by atoms with Crippen molar-refractivity contribution >= 4 is 29.1 Å². The Labute approximate surface area is 191 Å². The van der Waals surface area contributed by atoms with E-state index in [0.717, 1.165) is 25.7 Å². The van der Waals surface area contributed by atoms with Crippen molar-refractivity contribution in [1.82, 2.24) is 10.5 Å². The van der Waals surface area contributed by atoms with Crippen LogP contribution in [0.2, 0.25) is 5.02 Å². The maximum Gasteiger partial charge on any atom is 0.273 e. The Bertz CT molecular complexity index is 1060. The van der Waals surface area contributed by atoms with Crippen molar-refractivity contribution in [3.05, 3.63) is 76.6 Å². The number of hydrogen-bond donors (Lipinski definition) is 2. The number of aromatic nitrogens is 1. The third-order valence-electron chi connectivity index (χ3n) is 5.33. The number of nitrogens with zero attached hydrogens (tertiary/aromatic N) is 1. The lowest BCUT2D eigenvalue weighted by Crippen LogP contribution is -2.36. The van der Waals surface area contributed by atoms with Crippen LogP contribution in [0.4, 0.5) is 5.69 Å². The summed E-state index contributed by atoms with van der Waals surface area (Å²) in [6.45, 7) is 0.139. The van der Waals surface area contributed by atoms with Gasteiger partial charge in [0, 0.05) is 28.4 Å².